The second-order valence-corrected chi connectivity index (χ2v) is 7.68. The van der Waals surface area contributed by atoms with Crippen LogP contribution in [0.2, 0.25) is 0 Å². The molecule has 0 unspecified atom stereocenters. The second-order valence-electron chi connectivity index (χ2n) is 7.68. The van der Waals surface area contributed by atoms with E-state index >= 15 is 0 Å². The van der Waals surface area contributed by atoms with Crippen molar-refractivity contribution in [2.24, 2.45) is 22.2 Å². The van der Waals surface area contributed by atoms with Crippen LogP contribution >= 0.6 is 0 Å². The quantitative estimate of drug-likeness (QED) is 0.654. The Morgan fingerprint density at radius 3 is 2.00 bits per heavy atom. The molecule has 0 aromatic rings. The highest BCUT2D eigenvalue weighted by atomic mass is 15.2. The van der Waals surface area contributed by atoms with Crippen molar-refractivity contribution in [3.63, 3.8) is 0 Å². The van der Waals surface area contributed by atoms with Gasteiger partial charge >= 0.3 is 0 Å². The molecule has 0 aliphatic heterocycles. The summed E-state index contributed by atoms with van der Waals surface area (Å²) >= 11 is 0. The van der Waals surface area contributed by atoms with Gasteiger partial charge in [0.15, 0.2) is 0 Å². The van der Waals surface area contributed by atoms with Crippen molar-refractivity contribution >= 4 is 0 Å². The van der Waals surface area contributed by atoms with Crippen LogP contribution in [0.1, 0.15) is 52.9 Å². The van der Waals surface area contributed by atoms with Gasteiger partial charge in [0, 0.05) is 6.04 Å². The molecule has 1 nitrogen and oxygen atoms in total. The molecule has 0 heterocycles. The van der Waals surface area contributed by atoms with Gasteiger partial charge in [0.25, 0.3) is 0 Å². The van der Waals surface area contributed by atoms with Crippen LogP contribution in [0.5, 0.6) is 0 Å². The molecule has 0 saturated heterocycles. The molecule has 92 valence electrons. The van der Waals surface area contributed by atoms with E-state index in [1.165, 1.54) is 32.1 Å². The number of nitrogens with zero attached hydrogens (tertiary/aromatic N) is 1. The van der Waals surface area contributed by atoms with Crippen molar-refractivity contribution in [3.8, 4) is 0 Å². The van der Waals surface area contributed by atoms with E-state index in [-0.39, 0.29) is 0 Å². The number of fused-ring (bicyclic) bond motifs is 3. The Labute approximate surface area is 101 Å². The van der Waals surface area contributed by atoms with Crippen molar-refractivity contribution in [1.82, 2.24) is 4.90 Å². The smallest absolute Gasteiger partial charge is 0.0207 e. The van der Waals surface area contributed by atoms with E-state index in [0.29, 0.717) is 16.2 Å². The molecule has 3 aliphatic rings. The molecule has 0 aromatic carbocycles. The molecular weight excluding hydrogens is 194 g/mol. The largest absolute Gasteiger partial charge is 0.305 e. The summed E-state index contributed by atoms with van der Waals surface area (Å²) in [5, 5.41) is 0. The van der Waals surface area contributed by atoms with E-state index in [2.05, 4.69) is 39.8 Å². The van der Waals surface area contributed by atoms with Crippen LogP contribution in [0, 0.1) is 22.2 Å². The van der Waals surface area contributed by atoms with E-state index in [1.807, 2.05) is 0 Å². The molecule has 3 saturated carbocycles. The van der Waals surface area contributed by atoms with Gasteiger partial charge in [0.05, 0.1) is 0 Å². The summed E-state index contributed by atoms with van der Waals surface area (Å²) in [4.78, 5) is 2.56. The highest BCUT2D eigenvalue weighted by Crippen LogP contribution is 2.77. The van der Waals surface area contributed by atoms with Crippen LogP contribution < -0.4 is 0 Å². The standard InChI is InChI=1S/C15H27N/c1-13(2)11-7-10-14(13,3)12(16(4)5)15(11)8-6-9-15/h11-12H,6-10H2,1-5H3/t11-,12+,14-/m0/s1. The van der Waals surface area contributed by atoms with Gasteiger partial charge in [0.2, 0.25) is 0 Å². The molecule has 2 bridgehead atoms. The third-order valence-electron chi connectivity index (χ3n) is 6.94. The van der Waals surface area contributed by atoms with Crippen LogP contribution in [-0.4, -0.2) is 25.0 Å². The summed E-state index contributed by atoms with van der Waals surface area (Å²) in [7, 11) is 4.62. The Morgan fingerprint density at radius 1 is 1.00 bits per heavy atom. The van der Waals surface area contributed by atoms with E-state index < -0.39 is 0 Å². The number of hydrogen-bond acceptors (Lipinski definition) is 1. The Hall–Kier alpha value is -0.0400. The average molecular weight is 221 g/mol. The van der Waals surface area contributed by atoms with Crippen molar-refractivity contribution in [2.45, 2.75) is 58.9 Å². The maximum Gasteiger partial charge on any atom is 0.0207 e. The molecule has 3 fully saturated rings. The minimum Gasteiger partial charge on any atom is -0.305 e. The minimum absolute atomic E-state index is 0.557. The lowest BCUT2D eigenvalue weighted by Gasteiger charge is -2.55. The van der Waals surface area contributed by atoms with Gasteiger partial charge in [-0.25, -0.2) is 0 Å². The SMILES string of the molecule is CN(C)[C@H]1C2(CCC2)[C@H]2CC[C@]1(C)C2(C)C. The molecule has 1 spiro atoms. The highest BCUT2D eigenvalue weighted by Gasteiger charge is 2.73. The summed E-state index contributed by atoms with van der Waals surface area (Å²) in [6.07, 6.45) is 7.43. The first-order valence-corrected chi connectivity index (χ1v) is 7.03. The van der Waals surface area contributed by atoms with E-state index in [0.717, 1.165) is 12.0 Å². The fourth-order valence-electron chi connectivity index (χ4n) is 6.14. The maximum atomic E-state index is 2.57. The normalized spacial score (nSPS) is 47.6. The predicted octanol–water partition coefficient (Wildman–Crippen LogP) is 3.54. The zero-order valence-electron chi connectivity index (χ0n) is 11.6. The first kappa shape index (κ1) is 11.1. The zero-order valence-corrected chi connectivity index (χ0v) is 11.6. The molecule has 3 aliphatic carbocycles. The molecule has 3 atom stereocenters. The van der Waals surface area contributed by atoms with Gasteiger partial charge in [0.1, 0.15) is 0 Å². The number of hydrogen-bond donors (Lipinski definition) is 0. The van der Waals surface area contributed by atoms with E-state index in [1.54, 1.807) is 0 Å². The summed E-state index contributed by atoms with van der Waals surface area (Å²) in [6.45, 7) is 7.67. The third kappa shape index (κ3) is 0.903. The lowest BCUT2D eigenvalue weighted by molar-refractivity contribution is -0.0480. The van der Waals surface area contributed by atoms with Gasteiger partial charge in [-0.2, -0.15) is 0 Å². The van der Waals surface area contributed by atoms with Crippen LogP contribution in [0.25, 0.3) is 0 Å². The van der Waals surface area contributed by atoms with Crippen LogP contribution in [0.3, 0.4) is 0 Å². The van der Waals surface area contributed by atoms with Gasteiger partial charge in [-0.15, -0.1) is 0 Å². The predicted molar refractivity (Wildman–Crippen MR) is 68.4 cm³/mol. The average Bonchev–Trinajstić information content (AvgIpc) is 2.42. The van der Waals surface area contributed by atoms with Gasteiger partial charge in [-0.3, -0.25) is 0 Å². The summed E-state index contributed by atoms with van der Waals surface area (Å²) in [5.74, 6) is 0.992. The van der Waals surface area contributed by atoms with Crippen molar-refractivity contribution in [1.29, 1.82) is 0 Å². The minimum atomic E-state index is 0.557. The fraction of sp³-hybridized carbons (Fsp3) is 1.00. The molecule has 1 heteroatoms. The van der Waals surface area contributed by atoms with Gasteiger partial charge < -0.3 is 4.90 Å². The fourth-order valence-corrected chi connectivity index (χ4v) is 6.14. The second kappa shape index (κ2) is 2.85. The Morgan fingerprint density at radius 2 is 1.62 bits per heavy atom. The first-order valence-electron chi connectivity index (χ1n) is 7.03. The third-order valence-corrected chi connectivity index (χ3v) is 6.94. The van der Waals surface area contributed by atoms with Gasteiger partial charge in [-0.05, 0) is 61.9 Å². The number of rotatable bonds is 1. The van der Waals surface area contributed by atoms with Crippen molar-refractivity contribution < 1.29 is 0 Å². The summed E-state index contributed by atoms with van der Waals surface area (Å²) in [6, 6.07) is 0.836. The topological polar surface area (TPSA) is 3.24 Å². The molecule has 3 rings (SSSR count). The molecular formula is C15H27N. The van der Waals surface area contributed by atoms with Gasteiger partial charge in [-0.1, -0.05) is 27.2 Å². The van der Waals surface area contributed by atoms with Crippen LogP contribution in [0.4, 0.5) is 0 Å². The molecule has 0 radical (unpaired) electrons. The summed E-state index contributed by atoms with van der Waals surface area (Å²) in [5.41, 5.74) is 1.81. The Bertz CT molecular complexity index is 313. The highest BCUT2D eigenvalue weighted by molar-refractivity contribution is 5.24. The van der Waals surface area contributed by atoms with Crippen LogP contribution in [-0.2, 0) is 0 Å². The molecule has 0 aromatic heterocycles. The Balaban J connectivity index is 2.10. The van der Waals surface area contributed by atoms with E-state index in [4.69, 9.17) is 0 Å². The first-order chi connectivity index (χ1) is 7.36. The maximum absolute atomic E-state index is 2.57. The zero-order chi connectivity index (χ0) is 11.8. The molecule has 16 heavy (non-hydrogen) atoms. The summed E-state index contributed by atoms with van der Waals surface area (Å²) < 4.78 is 0. The van der Waals surface area contributed by atoms with Crippen molar-refractivity contribution in [2.75, 3.05) is 14.1 Å². The van der Waals surface area contributed by atoms with E-state index in [9.17, 15) is 0 Å². The lowest BCUT2D eigenvalue weighted by atomic mass is 9.55. The van der Waals surface area contributed by atoms with Crippen molar-refractivity contribution in [3.05, 3.63) is 0 Å². The molecule has 0 amide bonds. The monoisotopic (exact) mass is 221 g/mol. The Kier molecular flexibility index (Phi) is 1.98. The molecule has 0 N–H and O–H groups in total. The van der Waals surface area contributed by atoms with Crippen LogP contribution in [0.15, 0.2) is 0 Å². The lowest BCUT2D eigenvalue weighted by Crippen LogP contribution is -2.55.